The van der Waals surface area contributed by atoms with Gasteiger partial charge in [-0.05, 0) is 10.4 Å². The zero-order valence-corrected chi connectivity index (χ0v) is 8.35. The number of nitrogens with zero attached hydrogens (tertiary/aromatic N) is 4. The van der Waals surface area contributed by atoms with Crippen LogP contribution in [0.4, 0.5) is 0 Å². The van der Waals surface area contributed by atoms with E-state index in [-0.39, 0.29) is 0 Å². The molecule has 10 nitrogen and oxygen atoms in total. The summed E-state index contributed by atoms with van der Waals surface area (Å²) in [4.78, 5) is 21.0. The quantitative estimate of drug-likeness (QED) is 0.372. The Morgan fingerprint density at radius 2 is 1.69 bits per heavy atom. The molecule has 11 heteroatoms. The van der Waals surface area contributed by atoms with Gasteiger partial charge in [0, 0.05) is 0 Å². The Bertz CT molecular complexity index is 358. The average Bonchev–Trinajstić information content (AvgIpc) is 2.60. The van der Waals surface area contributed by atoms with Crippen LogP contribution in [0.3, 0.4) is 0 Å². The van der Waals surface area contributed by atoms with E-state index in [0.29, 0.717) is 0 Å². The average molecular weight is 250 g/mol. The highest BCUT2D eigenvalue weighted by Crippen LogP contribution is 2.28. The van der Waals surface area contributed by atoms with Crippen molar-refractivity contribution in [2.24, 2.45) is 20.7 Å². The van der Waals surface area contributed by atoms with Gasteiger partial charge in [0.25, 0.3) is 0 Å². The highest BCUT2D eigenvalue weighted by atomic mass is 32.1. The first-order valence-electron chi connectivity index (χ1n) is 3.73. The molecule has 0 radical (unpaired) electrons. The van der Waals surface area contributed by atoms with Crippen LogP contribution in [0.25, 0.3) is 0 Å². The standard InChI is InChI=1S/C5H6N4O6S/c10-1(3(11)12)2(4(13)14)15-5(16)6-8-9-7-5/h1-2,10,16H,(H,11,12)(H,13,14). The van der Waals surface area contributed by atoms with E-state index < -0.39 is 29.3 Å². The van der Waals surface area contributed by atoms with Gasteiger partial charge in [0.1, 0.15) is 0 Å². The van der Waals surface area contributed by atoms with Crippen molar-refractivity contribution in [1.82, 2.24) is 0 Å². The van der Waals surface area contributed by atoms with Crippen LogP contribution >= 0.6 is 12.6 Å². The maximum atomic E-state index is 10.6. The third kappa shape index (κ3) is 2.71. The number of carboxylic acids is 2. The molecule has 0 aliphatic carbocycles. The van der Waals surface area contributed by atoms with Crippen molar-refractivity contribution in [1.29, 1.82) is 0 Å². The van der Waals surface area contributed by atoms with Gasteiger partial charge < -0.3 is 20.1 Å². The molecule has 1 rings (SSSR count). The van der Waals surface area contributed by atoms with Crippen LogP contribution in [0.2, 0.25) is 0 Å². The van der Waals surface area contributed by atoms with Crippen LogP contribution in [0.1, 0.15) is 0 Å². The molecule has 3 N–H and O–H groups in total. The Morgan fingerprint density at radius 1 is 1.19 bits per heavy atom. The van der Waals surface area contributed by atoms with Crippen molar-refractivity contribution in [3.05, 3.63) is 0 Å². The molecule has 2 unspecified atom stereocenters. The zero-order chi connectivity index (χ0) is 12.3. The van der Waals surface area contributed by atoms with Crippen LogP contribution in [0.5, 0.6) is 0 Å². The van der Waals surface area contributed by atoms with Gasteiger partial charge in [0.2, 0.25) is 0 Å². The van der Waals surface area contributed by atoms with Gasteiger partial charge in [-0.2, -0.15) is 0 Å². The minimum atomic E-state index is -2.28. The summed E-state index contributed by atoms with van der Waals surface area (Å²) in [6, 6.07) is 0. The maximum absolute atomic E-state index is 10.6. The maximum Gasteiger partial charge on any atom is 0.345 e. The summed E-state index contributed by atoms with van der Waals surface area (Å²) in [5, 5.41) is 36.5. The molecule has 1 aliphatic rings. The molecule has 0 amide bonds. The van der Waals surface area contributed by atoms with Gasteiger partial charge in [-0.3, -0.25) is 0 Å². The molecule has 0 bridgehead atoms. The smallest absolute Gasteiger partial charge is 0.345 e. The van der Waals surface area contributed by atoms with Gasteiger partial charge in [0.05, 0.1) is 0 Å². The monoisotopic (exact) mass is 250 g/mol. The van der Waals surface area contributed by atoms with Gasteiger partial charge in [-0.15, -0.1) is 0 Å². The zero-order valence-electron chi connectivity index (χ0n) is 7.46. The lowest BCUT2D eigenvalue weighted by molar-refractivity contribution is -0.177. The lowest BCUT2D eigenvalue weighted by atomic mass is 10.2. The van der Waals surface area contributed by atoms with Crippen LogP contribution in [0.15, 0.2) is 20.7 Å². The molecular weight excluding hydrogens is 244 g/mol. The van der Waals surface area contributed by atoms with E-state index in [2.05, 4.69) is 38.0 Å². The van der Waals surface area contributed by atoms with Gasteiger partial charge in [-0.25, -0.2) is 9.59 Å². The molecule has 88 valence electrons. The number of ether oxygens (including phenoxy) is 1. The van der Waals surface area contributed by atoms with Crippen LogP contribution in [0, 0.1) is 0 Å². The van der Waals surface area contributed by atoms with Gasteiger partial charge in [-0.1, -0.05) is 22.9 Å². The van der Waals surface area contributed by atoms with Crippen molar-refractivity contribution >= 4 is 24.6 Å². The van der Waals surface area contributed by atoms with Crippen molar-refractivity contribution in [2.75, 3.05) is 0 Å². The van der Waals surface area contributed by atoms with E-state index in [1.807, 2.05) is 0 Å². The highest BCUT2D eigenvalue weighted by Gasteiger charge is 2.42. The number of hydrogen-bond donors (Lipinski definition) is 4. The van der Waals surface area contributed by atoms with Gasteiger partial charge in [0.15, 0.2) is 12.2 Å². The molecule has 0 aromatic heterocycles. The molecule has 0 aromatic rings. The SMILES string of the molecule is O=C(O)C(O)C(OC1(S)N=NN=N1)C(=O)O. The number of aliphatic carboxylic acids is 2. The topological polar surface area (TPSA) is 154 Å². The molecule has 0 saturated carbocycles. The first-order valence-corrected chi connectivity index (χ1v) is 4.18. The Hall–Kier alpha value is -1.59. The van der Waals surface area contributed by atoms with E-state index in [9.17, 15) is 9.59 Å². The van der Waals surface area contributed by atoms with E-state index in [1.54, 1.807) is 0 Å². The Balaban J connectivity index is 2.80. The fourth-order valence-electron chi connectivity index (χ4n) is 0.773. The summed E-state index contributed by atoms with van der Waals surface area (Å²) >= 11 is 3.67. The Morgan fingerprint density at radius 3 is 2.06 bits per heavy atom. The minimum absolute atomic E-state index is 1.71. The number of carboxylic acid groups (broad SMARTS) is 2. The number of hydrogen-bond acceptors (Lipinski definition) is 9. The molecule has 0 saturated heterocycles. The van der Waals surface area contributed by atoms with Crippen molar-refractivity contribution in [3.63, 3.8) is 0 Å². The van der Waals surface area contributed by atoms with E-state index in [0.717, 1.165) is 0 Å². The molecular formula is C5H6N4O6S. The van der Waals surface area contributed by atoms with E-state index in [1.165, 1.54) is 0 Å². The minimum Gasteiger partial charge on any atom is -0.479 e. The second-order valence-electron chi connectivity index (χ2n) is 2.61. The van der Waals surface area contributed by atoms with Crippen molar-refractivity contribution in [2.45, 2.75) is 17.4 Å². The molecule has 1 aliphatic heterocycles. The fraction of sp³-hybridized carbons (Fsp3) is 0.600. The van der Waals surface area contributed by atoms with Crippen LogP contribution < -0.4 is 0 Å². The number of aliphatic hydroxyl groups is 1. The van der Waals surface area contributed by atoms with E-state index >= 15 is 0 Å². The lowest BCUT2D eigenvalue weighted by Gasteiger charge is -2.21. The predicted molar refractivity (Wildman–Crippen MR) is 47.6 cm³/mol. The molecule has 1 heterocycles. The largest absolute Gasteiger partial charge is 0.479 e. The highest BCUT2D eigenvalue weighted by molar-refractivity contribution is 7.81. The Kier molecular flexibility index (Phi) is 3.51. The summed E-state index contributed by atoms with van der Waals surface area (Å²) in [7, 11) is 0. The number of rotatable bonds is 5. The predicted octanol–water partition coefficient (Wildman–Crippen LogP) is -0.724. The molecule has 16 heavy (non-hydrogen) atoms. The second-order valence-corrected chi connectivity index (χ2v) is 3.20. The van der Waals surface area contributed by atoms with E-state index in [4.69, 9.17) is 15.3 Å². The first-order chi connectivity index (χ1) is 7.36. The second kappa shape index (κ2) is 4.51. The molecule has 2 atom stereocenters. The molecule has 0 aromatic carbocycles. The summed E-state index contributed by atoms with van der Waals surface area (Å²) in [6.07, 6.45) is -4.38. The molecule has 0 spiro atoms. The summed E-state index contributed by atoms with van der Waals surface area (Å²) in [5.41, 5.74) is 0. The lowest BCUT2D eigenvalue weighted by Crippen LogP contribution is -2.45. The summed E-state index contributed by atoms with van der Waals surface area (Å²) in [5.74, 6) is -3.48. The number of carbonyl (C=O) groups is 2. The van der Waals surface area contributed by atoms with Gasteiger partial charge >= 0.3 is 17.1 Å². The number of aliphatic hydroxyl groups excluding tert-OH is 1. The fourth-order valence-corrected chi connectivity index (χ4v) is 0.967. The van der Waals surface area contributed by atoms with Crippen LogP contribution in [-0.2, 0) is 14.3 Å². The van der Waals surface area contributed by atoms with Crippen LogP contribution in [-0.4, -0.2) is 44.6 Å². The normalized spacial score (nSPS) is 20.6. The first kappa shape index (κ1) is 12.5. The van der Waals surface area contributed by atoms with Crippen molar-refractivity contribution < 1.29 is 29.6 Å². The molecule has 0 fully saturated rings. The van der Waals surface area contributed by atoms with Crippen molar-refractivity contribution in [3.8, 4) is 0 Å². The third-order valence-corrected chi connectivity index (χ3v) is 1.74. The summed E-state index contributed by atoms with van der Waals surface area (Å²) < 4.78 is 4.60. The Labute approximate surface area is 93.0 Å². The third-order valence-electron chi connectivity index (χ3n) is 1.46. The summed E-state index contributed by atoms with van der Waals surface area (Å²) in [6.45, 7) is 0. The number of thiol groups is 1.